The van der Waals surface area contributed by atoms with Crippen molar-refractivity contribution in [2.45, 2.75) is 51.2 Å². The second-order valence-electron chi connectivity index (χ2n) is 6.03. The van der Waals surface area contributed by atoms with Crippen LogP contribution in [0.2, 0.25) is 0 Å². The summed E-state index contributed by atoms with van der Waals surface area (Å²) in [4.78, 5) is 2.55. The molecule has 1 saturated heterocycles. The molecule has 0 saturated carbocycles. The Morgan fingerprint density at radius 1 is 1.18 bits per heavy atom. The molecule has 2 unspecified atom stereocenters. The standard InChI is InChI=1S/C15H24N2/c1-15(2,3)17-11-7-10-13(16)14(17)12-8-5-4-6-9-12/h4-6,8-9,13-14H,7,10-11,16H2,1-3H3. The molecule has 1 aliphatic heterocycles. The summed E-state index contributed by atoms with van der Waals surface area (Å²) in [5, 5.41) is 0. The predicted molar refractivity (Wildman–Crippen MR) is 72.9 cm³/mol. The Kier molecular flexibility index (Phi) is 3.55. The van der Waals surface area contributed by atoms with Gasteiger partial charge in [-0.15, -0.1) is 0 Å². The lowest BCUT2D eigenvalue weighted by molar-refractivity contribution is 0.0384. The summed E-state index contributed by atoms with van der Waals surface area (Å²) in [5.41, 5.74) is 7.89. The molecule has 0 spiro atoms. The summed E-state index contributed by atoms with van der Waals surface area (Å²) in [6, 6.07) is 11.3. The van der Waals surface area contributed by atoms with Gasteiger partial charge in [0, 0.05) is 11.6 Å². The van der Waals surface area contributed by atoms with Gasteiger partial charge in [-0.1, -0.05) is 30.3 Å². The van der Waals surface area contributed by atoms with E-state index in [1.807, 2.05) is 0 Å². The van der Waals surface area contributed by atoms with Gasteiger partial charge in [-0.05, 0) is 45.7 Å². The average Bonchev–Trinajstić information content (AvgIpc) is 2.28. The molecule has 17 heavy (non-hydrogen) atoms. The molecule has 1 aliphatic rings. The first-order chi connectivity index (χ1) is 8.00. The minimum absolute atomic E-state index is 0.179. The van der Waals surface area contributed by atoms with Crippen LogP contribution in [0.1, 0.15) is 45.2 Å². The highest BCUT2D eigenvalue weighted by Crippen LogP contribution is 2.35. The van der Waals surface area contributed by atoms with Crippen LogP contribution in [0.3, 0.4) is 0 Å². The fourth-order valence-electron chi connectivity index (χ4n) is 2.86. The van der Waals surface area contributed by atoms with Gasteiger partial charge >= 0.3 is 0 Å². The van der Waals surface area contributed by atoms with Gasteiger partial charge in [0.1, 0.15) is 0 Å². The molecule has 0 aromatic heterocycles. The molecule has 0 aliphatic carbocycles. The zero-order valence-electron chi connectivity index (χ0n) is 11.2. The average molecular weight is 232 g/mol. The van der Waals surface area contributed by atoms with Crippen LogP contribution in [-0.4, -0.2) is 23.0 Å². The van der Waals surface area contributed by atoms with E-state index in [-0.39, 0.29) is 11.6 Å². The molecule has 0 radical (unpaired) electrons. The molecule has 0 amide bonds. The van der Waals surface area contributed by atoms with E-state index in [2.05, 4.69) is 56.0 Å². The maximum absolute atomic E-state index is 6.36. The number of hydrogen-bond donors (Lipinski definition) is 1. The lowest BCUT2D eigenvalue weighted by Crippen LogP contribution is -2.53. The first-order valence-corrected chi connectivity index (χ1v) is 6.57. The fraction of sp³-hybridized carbons (Fsp3) is 0.600. The topological polar surface area (TPSA) is 29.3 Å². The zero-order chi connectivity index (χ0) is 12.5. The molecule has 1 aromatic rings. The van der Waals surface area contributed by atoms with E-state index in [1.165, 1.54) is 12.0 Å². The number of nitrogens with two attached hydrogens (primary N) is 1. The molecule has 2 N–H and O–H groups in total. The summed E-state index contributed by atoms with van der Waals surface area (Å²) in [5.74, 6) is 0. The summed E-state index contributed by atoms with van der Waals surface area (Å²) in [6.45, 7) is 7.99. The van der Waals surface area contributed by atoms with Crippen molar-refractivity contribution in [1.29, 1.82) is 0 Å². The Bertz CT molecular complexity index is 353. The van der Waals surface area contributed by atoms with Crippen molar-refractivity contribution < 1.29 is 0 Å². The minimum atomic E-state index is 0.179. The molecule has 2 nitrogen and oxygen atoms in total. The molecule has 2 rings (SSSR count). The smallest absolute Gasteiger partial charge is 0.0504 e. The van der Waals surface area contributed by atoms with E-state index in [0.29, 0.717) is 6.04 Å². The van der Waals surface area contributed by atoms with Gasteiger partial charge < -0.3 is 5.73 Å². The van der Waals surface area contributed by atoms with Crippen molar-refractivity contribution in [1.82, 2.24) is 4.90 Å². The molecular formula is C15H24N2. The normalized spacial score (nSPS) is 27.1. The van der Waals surface area contributed by atoms with Crippen molar-refractivity contribution in [3.05, 3.63) is 35.9 Å². The number of benzene rings is 1. The molecule has 1 heterocycles. The Balaban J connectivity index is 2.32. The highest BCUT2D eigenvalue weighted by atomic mass is 15.2. The largest absolute Gasteiger partial charge is 0.326 e. The molecule has 2 atom stereocenters. The lowest BCUT2D eigenvalue weighted by Gasteiger charge is -2.47. The van der Waals surface area contributed by atoms with Gasteiger partial charge in [0.15, 0.2) is 0 Å². The van der Waals surface area contributed by atoms with Gasteiger partial charge in [-0.3, -0.25) is 4.90 Å². The van der Waals surface area contributed by atoms with Crippen LogP contribution in [-0.2, 0) is 0 Å². The van der Waals surface area contributed by atoms with Crippen LogP contribution in [0.25, 0.3) is 0 Å². The summed E-state index contributed by atoms with van der Waals surface area (Å²) >= 11 is 0. The molecule has 94 valence electrons. The van der Waals surface area contributed by atoms with Gasteiger partial charge in [0.05, 0.1) is 6.04 Å². The number of nitrogens with zero attached hydrogens (tertiary/aromatic N) is 1. The van der Waals surface area contributed by atoms with Gasteiger partial charge in [-0.2, -0.15) is 0 Å². The van der Waals surface area contributed by atoms with Crippen molar-refractivity contribution in [2.75, 3.05) is 6.54 Å². The summed E-state index contributed by atoms with van der Waals surface area (Å²) in [7, 11) is 0. The van der Waals surface area contributed by atoms with Crippen LogP contribution < -0.4 is 5.73 Å². The monoisotopic (exact) mass is 232 g/mol. The Hall–Kier alpha value is -0.860. The van der Waals surface area contributed by atoms with Crippen LogP contribution in [0.15, 0.2) is 30.3 Å². The number of rotatable bonds is 1. The highest BCUT2D eigenvalue weighted by molar-refractivity contribution is 5.22. The Morgan fingerprint density at radius 2 is 1.82 bits per heavy atom. The predicted octanol–water partition coefficient (Wildman–Crippen LogP) is 2.95. The third-order valence-electron chi connectivity index (χ3n) is 3.68. The SMILES string of the molecule is CC(C)(C)N1CCCC(N)C1c1ccccc1. The molecule has 1 aromatic carbocycles. The van der Waals surface area contributed by atoms with Crippen LogP contribution in [0, 0.1) is 0 Å². The maximum Gasteiger partial charge on any atom is 0.0504 e. The quantitative estimate of drug-likeness (QED) is 0.806. The van der Waals surface area contributed by atoms with E-state index < -0.39 is 0 Å². The zero-order valence-corrected chi connectivity index (χ0v) is 11.2. The van der Waals surface area contributed by atoms with E-state index >= 15 is 0 Å². The van der Waals surface area contributed by atoms with Crippen molar-refractivity contribution >= 4 is 0 Å². The third-order valence-corrected chi connectivity index (χ3v) is 3.68. The van der Waals surface area contributed by atoms with E-state index in [4.69, 9.17) is 5.73 Å². The molecule has 1 fully saturated rings. The van der Waals surface area contributed by atoms with Gasteiger partial charge in [-0.25, -0.2) is 0 Å². The first kappa shape index (κ1) is 12.6. The van der Waals surface area contributed by atoms with Crippen molar-refractivity contribution in [3.8, 4) is 0 Å². The number of likely N-dealkylation sites (tertiary alicyclic amines) is 1. The van der Waals surface area contributed by atoms with Crippen LogP contribution in [0.5, 0.6) is 0 Å². The third kappa shape index (κ3) is 2.70. The second kappa shape index (κ2) is 4.79. The number of hydrogen-bond acceptors (Lipinski definition) is 2. The van der Waals surface area contributed by atoms with E-state index in [0.717, 1.165) is 13.0 Å². The highest BCUT2D eigenvalue weighted by Gasteiger charge is 2.36. The lowest BCUT2D eigenvalue weighted by atomic mass is 9.87. The van der Waals surface area contributed by atoms with Crippen LogP contribution >= 0.6 is 0 Å². The Labute approximate surface area is 105 Å². The van der Waals surface area contributed by atoms with Gasteiger partial charge in [0.25, 0.3) is 0 Å². The molecule has 0 bridgehead atoms. The first-order valence-electron chi connectivity index (χ1n) is 6.57. The molecular weight excluding hydrogens is 208 g/mol. The van der Waals surface area contributed by atoms with Crippen LogP contribution in [0.4, 0.5) is 0 Å². The number of piperidine rings is 1. The van der Waals surface area contributed by atoms with Crippen molar-refractivity contribution in [3.63, 3.8) is 0 Å². The van der Waals surface area contributed by atoms with E-state index in [9.17, 15) is 0 Å². The molecule has 2 heteroatoms. The van der Waals surface area contributed by atoms with Crippen molar-refractivity contribution in [2.24, 2.45) is 5.73 Å². The van der Waals surface area contributed by atoms with Gasteiger partial charge in [0.2, 0.25) is 0 Å². The minimum Gasteiger partial charge on any atom is -0.326 e. The van der Waals surface area contributed by atoms with E-state index in [1.54, 1.807) is 0 Å². The maximum atomic E-state index is 6.36. The Morgan fingerprint density at radius 3 is 2.41 bits per heavy atom. The fourth-order valence-corrected chi connectivity index (χ4v) is 2.86. The summed E-state index contributed by atoms with van der Waals surface area (Å²) in [6.07, 6.45) is 2.34. The second-order valence-corrected chi connectivity index (χ2v) is 6.03. The summed E-state index contributed by atoms with van der Waals surface area (Å²) < 4.78 is 0.